The van der Waals surface area contributed by atoms with Crippen molar-refractivity contribution in [3.63, 3.8) is 0 Å². The summed E-state index contributed by atoms with van der Waals surface area (Å²) in [7, 11) is 0. The summed E-state index contributed by atoms with van der Waals surface area (Å²) in [4.78, 5) is 19.7. The van der Waals surface area contributed by atoms with E-state index in [9.17, 15) is 4.79 Å². The van der Waals surface area contributed by atoms with Crippen LogP contribution in [-0.2, 0) is 0 Å². The molecule has 2 heterocycles. The van der Waals surface area contributed by atoms with Gasteiger partial charge in [0.1, 0.15) is 5.69 Å². The molecule has 1 aliphatic heterocycles. The first kappa shape index (κ1) is 14.6. The molecule has 1 aromatic carbocycles. The lowest BCUT2D eigenvalue weighted by Gasteiger charge is -2.39. The number of hydrogen-bond acceptors (Lipinski definition) is 3. The molecule has 4 rings (SSSR count). The van der Waals surface area contributed by atoms with Gasteiger partial charge in [0.25, 0.3) is 5.91 Å². The highest BCUT2D eigenvalue weighted by molar-refractivity contribution is 5.97. The molecule has 0 bridgehead atoms. The Kier molecular flexibility index (Phi) is 3.38. The molecule has 1 amide bonds. The maximum Gasteiger partial charge on any atom is 0.272 e. The largest absolute Gasteiger partial charge is 0.334 e. The lowest BCUT2D eigenvalue weighted by Crippen LogP contribution is -2.58. The Hall–Kier alpha value is -1.94. The fourth-order valence-corrected chi connectivity index (χ4v) is 3.48. The van der Waals surface area contributed by atoms with Crippen molar-refractivity contribution in [3.8, 4) is 0 Å². The number of amides is 1. The van der Waals surface area contributed by atoms with Crippen molar-refractivity contribution in [2.24, 2.45) is 0 Å². The first-order chi connectivity index (χ1) is 11.0. The Morgan fingerprint density at radius 3 is 2.83 bits per heavy atom. The van der Waals surface area contributed by atoms with Gasteiger partial charge in [-0.15, -0.1) is 0 Å². The van der Waals surface area contributed by atoms with Gasteiger partial charge in [-0.1, -0.05) is 24.3 Å². The van der Waals surface area contributed by atoms with Crippen molar-refractivity contribution in [2.45, 2.75) is 38.1 Å². The second-order valence-corrected chi connectivity index (χ2v) is 7.43. The zero-order chi connectivity index (χ0) is 16.0. The summed E-state index contributed by atoms with van der Waals surface area (Å²) in [5.41, 5.74) is 1.67. The number of rotatable bonds is 2. The Labute approximate surface area is 136 Å². The van der Waals surface area contributed by atoms with Gasteiger partial charge in [0.2, 0.25) is 0 Å². The molecule has 0 spiro atoms. The zero-order valence-corrected chi connectivity index (χ0v) is 13.8. The maximum absolute atomic E-state index is 13.0. The van der Waals surface area contributed by atoms with Crippen LogP contribution in [0.15, 0.2) is 30.3 Å². The number of benzene rings is 1. The highest BCUT2D eigenvalue weighted by Crippen LogP contribution is 2.42. The van der Waals surface area contributed by atoms with E-state index in [1.165, 1.54) is 18.2 Å². The van der Waals surface area contributed by atoms with Crippen LogP contribution in [0.25, 0.3) is 10.8 Å². The fraction of sp³-hybridized carbons (Fsp3) is 0.474. The van der Waals surface area contributed by atoms with Crippen molar-refractivity contribution < 1.29 is 4.79 Å². The van der Waals surface area contributed by atoms with E-state index in [0.29, 0.717) is 11.6 Å². The average Bonchev–Trinajstić information content (AvgIpc) is 3.37. The maximum atomic E-state index is 13.0. The van der Waals surface area contributed by atoms with Crippen LogP contribution >= 0.6 is 0 Å². The number of piperazine rings is 1. The van der Waals surface area contributed by atoms with E-state index in [1.807, 2.05) is 17.0 Å². The number of nitrogens with zero attached hydrogens (tertiary/aromatic N) is 2. The Morgan fingerprint density at radius 1 is 1.30 bits per heavy atom. The van der Waals surface area contributed by atoms with Crippen molar-refractivity contribution in [1.82, 2.24) is 15.2 Å². The molecule has 0 radical (unpaired) electrons. The standard InChI is InChI=1S/C19H23N3O/c1-19(2)12-22(10-9-20-19)18(23)16-11-14-5-3-4-6-15(14)17(21-16)13-7-8-13/h3-6,11,13,20H,7-10,12H2,1-2H3. The molecule has 4 nitrogen and oxygen atoms in total. The third-order valence-electron chi connectivity index (χ3n) is 4.81. The minimum Gasteiger partial charge on any atom is -0.334 e. The van der Waals surface area contributed by atoms with Crippen molar-refractivity contribution >= 4 is 16.7 Å². The average molecular weight is 309 g/mol. The number of nitrogens with one attached hydrogen (secondary N) is 1. The Morgan fingerprint density at radius 2 is 2.09 bits per heavy atom. The fourth-order valence-electron chi connectivity index (χ4n) is 3.48. The Balaban J connectivity index is 1.72. The predicted octanol–water partition coefficient (Wildman–Crippen LogP) is 2.94. The van der Waals surface area contributed by atoms with Gasteiger partial charge in [0.15, 0.2) is 0 Å². The van der Waals surface area contributed by atoms with Crippen LogP contribution in [0.5, 0.6) is 0 Å². The molecule has 1 aromatic heterocycles. The molecule has 0 atom stereocenters. The summed E-state index contributed by atoms with van der Waals surface area (Å²) in [6, 6.07) is 10.2. The van der Waals surface area contributed by atoms with Crippen LogP contribution in [0, 0.1) is 0 Å². The van der Waals surface area contributed by atoms with Crippen molar-refractivity contribution in [2.75, 3.05) is 19.6 Å². The van der Waals surface area contributed by atoms with Gasteiger partial charge in [0, 0.05) is 36.5 Å². The van der Waals surface area contributed by atoms with Gasteiger partial charge in [-0.25, -0.2) is 4.98 Å². The number of fused-ring (bicyclic) bond motifs is 1. The summed E-state index contributed by atoms with van der Waals surface area (Å²) < 4.78 is 0. The number of pyridine rings is 1. The molecule has 0 unspecified atom stereocenters. The van der Waals surface area contributed by atoms with Gasteiger partial charge in [-0.05, 0) is 38.1 Å². The van der Waals surface area contributed by atoms with Gasteiger partial charge in [-0.2, -0.15) is 0 Å². The molecular formula is C19H23N3O. The van der Waals surface area contributed by atoms with Gasteiger partial charge < -0.3 is 10.2 Å². The van der Waals surface area contributed by atoms with E-state index >= 15 is 0 Å². The quantitative estimate of drug-likeness (QED) is 0.927. The molecule has 1 saturated carbocycles. The number of hydrogen-bond donors (Lipinski definition) is 1. The van der Waals surface area contributed by atoms with E-state index in [-0.39, 0.29) is 11.4 Å². The molecule has 1 N–H and O–H groups in total. The number of aromatic nitrogens is 1. The molecule has 120 valence electrons. The molecule has 1 aliphatic carbocycles. The highest BCUT2D eigenvalue weighted by atomic mass is 16.2. The topological polar surface area (TPSA) is 45.2 Å². The van der Waals surface area contributed by atoms with Crippen LogP contribution in [-0.4, -0.2) is 41.0 Å². The number of carbonyl (C=O) groups excluding carboxylic acids is 1. The minimum atomic E-state index is -0.0376. The molecular weight excluding hydrogens is 286 g/mol. The molecule has 2 aliphatic rings. The monoisotopic (exact) mass is 309 g/mol. The zero-order valence-electron chi connectivity index (χ0n) is 13.8. The molecule has 1 saturated heterocycles. The van der Waals surface area contributed by atoms with E-state index in [0.717, 1.165) is 30.7 Å². The number of carbonyl (C=O) groups is 1. The predicted molar refractivity (Wildman–Crippen MR) is 91.7 cm³/mol. The van der Waals surface area contributed by atoms with Crippen LogP contribution < -0.4 is 5.32 Å². The van der Waals surface area contributed by atoms with Gasteiger partial charge >= 0.3 is 0 Å². The molecule has 2 aromatic rings. The van der Waals surface area contributed by atoms with Crippen LogP contribution in [0.4, 0.5) is 0 Å². The van der Waals surface area contributed by atoms with Crippen LogP contribution in [0.3, 0.4) is 0 Å². The summed E-state index contributed by atoms with van der Waals surface area (Å²) in [5.74, 6) is 0.597. The van der Waals surface area contributed by atoms with Crippen molar-refractivity contribution in [1.29, 1.82) is 0 Å². The van der Waals surface area contributed by atoms with E-state index in [4.69, 9.17) is 4.98 Å². The van der Waals surface area contributed by atoms with E-state index in [2.05, 4.69) is 37.4 Å². The third-order valence-corrected chi connectivity index (χ3v) is 4.81. The third kappa shape index (κ3) is 2.83. The molecule has 23 heavy (non-hydrogen) atoms. The summed E-state index contributed by atoms with van der Waals surface area (Å²) in [6.07, 6.45) is 2.38. The van der Waals surface area contributed by atoms with Gasteiger partial charge in [0.05, 0.1) is 5.69 Å². The van der Waals surface area contributed by atoms with Gasteiger partial charge in [-0.3, -0.25) is 4.79 Å². The SMILES string of the molecule is CC1(C)CN(C(=O)c2cc3ccccc3c(C3CC3)n2)CCN1. The van der Waals surface area contributed by atoms with E-state index < -0.39 is 0 Å². The minimum absolute atomic E-state index is 0.0376. The molecule has 4 heteroatoms. The van der Waals surface area contributed by atoms with E-state index in [1.54, 1.807) is 0 Å². The van der Waals surface area contributed by atoms with Crippen LogP contribution in [0.1, 0.15) is 48.8 Å². The Bertz CT molecular complexity index is 764. The lowest BCUT2D eigenvalue weighted by molar-refractivity contribution is 0.0646. The normalized spacial score (nSPS) is 20.7. The summed E-state index contributed by atoms with van der Waals surface area (Å²) >= 11 is 0. The van der Waals surface area contributed by atoms with Crippen LogP contribution in [0.2, 0.25) is 0 Å². The second kappa shape index (κ2) is 5.31. The highest BCUT2D eigenvalue weighted by Gasteiger charge is 2.32. The smallest absolute Gasteiger partial charge is 0.272 e. The first-order valence-electron chi connectivity index (χ1n) is 8.47. The first-order valence-corrected chi connectivity index (χ1v) is 8.47. The lowest BCUT2D eigenvalue weighted by atomic mass is 10.0. The summed E-state index contributed by atoms with van der Waals surface area (Å²) in [6.45, 7) is 6.57. The molecule has 2 fully saturated rings. The second-order valence-electron chi connectivity index (χ2n) is 7.43. The van der Waals surface area contributed by atoms with Crippen molar-refractivity contribution in [3.05, 3.63) is 41.7 Å². The summed E-state index contributed by atoms with van der Waals surface area (Å²) in [5, 5.41) is 5.78.